The molecule has 17 heavy (non-hydrogen) atoms. The first-order valence-corrected chi connectivity index (χ1v) is 7.02. The van der Waals surface area contributed by atoms with Gasteiger partial charge in [0, 0.05) is 9.92 Å². The molecule has 0 spiro atoms. The molecule has 0 saturated heterocycles. The smallest absolute Gasteiger partial charge is 0.322 e. The highest BCUT2D eigenvalue weighted by Crippen LogP contribution is 2.19. The zero-order valence-electron chi connectivity index (χ0n) is 9.81. The van der Waals surface area contributed by atoms with Crippen molar-refractivity contribution in [3.63, 3.8) is 0 Å². The third-order valence-corrected chi connectivity index (χ3v) is 4.20. The standard InChI is InChI=1S/C12H15ClO3S/c1-3-11(12(14)16-4-2)17(15)10-7-5-6-9(13)8-10/h5-8,11H,3-4H2,1-2H3. The van der Waals surface area contributed by atoms with Crippen LogP contribution in [0.25, 0.3) is 0 Å². The van der Waals surface area contributed by atoms with Crippen molar-refractivity contribution in [2.75, 3.05) is 6.61 Å². The second-order valence-electron chi connectivity index (χ2n) is 3.40. The summed E-state index contributed by atoms with van der Waals surface area (Å²) in [7, 11) is -1.42. The highest BCUT2D eigenvalue weighted by molar-refractivity contribution is 7.86. The molecule has 0 N–H and O–H groups in total. The van der Waals surface area contributed by atoms with E-state index in [9.17, 15) is 9.00 Å². The van der Waals surface area contributed by atoms with Crippen LogP contribution in [0, 0.1) is 0 Å². The quantitative estimate of drug-likeness (QED) is 0.776. The Morgan fingerprint density at radius 2 is 2.18 bits per heavy atom. The van der Waals surface area contributed by atoms with Crippen molar-refractivity contribution in [2.24, 2.45) is 0 Å². The molecule has 2 atom stereocenters. The summed E-state index contributed by atoms with van der Waals surface area (Å²) in [5.74, 6) is -0.423. The monoisotopic (exact) mass is 274 g/mol. The van der Waals surface area contributed by atoms with E-state index in [0.717, 1.165) is 0 Å². The van der Waals surface area contributed by atoms with Crippen molar-refractivity contribution in [3.05, 3.63) is 29.3 Å². The lowest BCUT2D eigenvalue weighted by atomic mass is 10.3. The minimum absolute atomic E-state index is 0.294. The van der Waals surface area contributed by atoms with Gasteiger partial charge in [-0.05, 0) is 31.5 Å². The molecule has 2 unspecified atom stereocenters. The van der Waals surface area contributed by atoms with E-state index in [-0.39, 0.29) is 0 Å². The Labute approximate surface area is 109 Å². The second kappa shape index (κ2) is 6.77. The number of hydrogen-bond acceptors (Lipinski definition) is 3. The van der Waals surface area contributed by atoms with Crippen LogP contribution in [0.15, 0.2) is 29.2 Å². The highest BCUT2D eigenvalue weighted by atomic mass is 35.5. The molecule has 0 fully saturated rings. The number of benzene rings is 1. The molecule has 3 nitrogen and oxygen atoms in total. The molecule has 0 heterocycles. The SMILES string of the molecule is CCOC(=O)C(CC)S(=O)c1cccc(Cl)c1. The van der Waals surface area contributed by atoms with Gasteiger partial charge in [0.1, 0.15) is 5.25 Å². The molecule has 94 valence electrons. The molecule has 1 aromatic rings. The third kappa shape index (κ3) is 3.82. The Morgan fingerprint density at radius 1 is 1.47 bits per heavy atom. The Kier molecular flexibility index (Phi) is 5.65. The van der Waals surface area contributed by atoms with E-state index >= 15 is 0 Å². The minimum atomic E-state index is -1.42. The van der Waals surface area contributed by atoms with Gasteiger partial charge in [0.05, 0.1) is 17.4 Å². The summed E-state index contributed by atoms with van der Waals surface area (Å²) in [5.41, 5.74) is 0. The number of carbonyl (C=O) groups is 1. The van der Waals surface area contributed by atoms with Gasteiger partial charge in [-0.25, -0.2) is 0 Å². The fourth-order valence-corrected chi connectivity index (χ4v) is 2.98. The van der Waals surface area contributed by atoms with Gasteiger partial charge in [-0.15, -0.1) is 0 Å². The fraction of sp³-hybridized carbons (Fsp3) is 0.417. The van der Waals surface area contributed by atoms with Gasteiger partial charge in [-0.2, -0.15) is 0 Å². The normalized spacial score (nSPS) is 14.1. The zero-order valence-corrected chi connectivity index (χ0v) is 11.4. The average molecular weight is 275 g/mol. The van der Waals surface area contributed by atoms with Gasteiger partial charge in [-0.3, -0.25) is 9.00 Å². The highest BCUT2D eigenvalue weighted by Gasteiger charge is 2.25. The van der Waals surface area contributed by atoms with Crippen LogP contribution in [0.4, 0.5) is 0 Å². The van der Waals surface area contributed by atoms with Crippen molar-refractivity contribution in [2.45, 2.75) is 30.4 Å². The molecule has 0 aromatic heterocycles. The third-order valence-electron chi connectivity index (χ3n) is 2.21. The van der Waals surface area contributed by atoms with Crippen LogP contribution in [0.3, 0.4) is 0 Å². The number of carbonyl (C=O) groups excluding carboxylic acids is 1. The predicted octanol–water partition coefficient (Wildman–Crippen LogP) is 2.79. The molecule has 0 aliphatic rings. The lowest BCUT2D eigenvalue weighted by Gasteiger charge is -2.13. The molecule has 0 aliphatic heterocycles. The molecule has 0 saturated carbocycles. The van der Waals surface area contributed by atoms with Gasteiger partial charge < -0.3 is 4.74 Å². The van der Waals surface area contributed by atoms with Crippen molar-refractivity contribution in [1.29, 1.82) is 0 Å². The first-order valence-electron chi connectivity index (χ1n) is 5.42. The molecule has 1 rings (SSSR count). The van der Waals surface area contributed by atoms with Crippen LogP contribution in [0.1, 0.15) is 20.3 Å². The summed E-state index contributed by atoms with van der Waals surface area (Å²) in [6.45, 7) is 3.83. The van der Waals surface area contributed by atoms with E-state index < -0.39 is 22.0 Å². The largest absolute Gasteiger partial charge is 0.465 e. The van der Waals surface area contributed by atoms with Crippen molar-refractivity contribution >= 4 is 28.4 Å². The van der Waals surface area contributed by atoms with Crippen LogP contribution in [-0.2, 0) is 20.3 Å². The maximum atomic E-state index is 12.2. The van der Waals surface area contributed by atoms with E-state index in [2.05, 4.69) is 0 Å². The molecule has 0 aliphatic carbocycles. The van der Waals surface area contributed by atoms with Crippen LogP contribution in [0.2, 0.25) is 5.02 Å². The predicted molar refractivity (Wildman–Crippen MR) is 68.6 cm³/mol. The number of esters is 1. The Bertz CT molecular complexity index is 420. The topological polar surface area (TPSA) is 43.4 Å². The van der Waals surface area contributed by atoms with Crippen LogP contribution in [0.5, 0.6) is 0 Å². The zero-order chi connectivity index (χ0) is 12.8. The summed E-state index contributed by atoms with van der Waals surface area (Å²) in [4.78, 5) is 12.2. The van der Waals surface area contributed by atoms with Gasteiger partial charge in [0.25, 0.3) is 0 Å². The summed E-state index contributed by atoms with van der Waals surface area (Å²) in [6, 6.07) is 6.73. The Hall–Kier alpha value is -0.870. The molecular formula is C12H15ClO3S. The molecular weight excluding hydrogens is 260 g/mol. The second-order valence-corrected chi connectivity index (χ2v) is 5.48. The fourth-order valence-electron chi connectivity index (χ4n) is 1.40. The minimum Gasteiger partial charge on any atom is -0.465 e. The van der Waals surface area contributed by atoms with Gasteiger partial charge >= 0.3 is 5.97 Å². The maximum Gasteiger partial charge on any atom is 0.322 e. The van der Waals surface area contributed by atoms with Crippen molar-refractivity contribution in [1.82, 2.24) is 0 Å². The van der Waals surface area contributed by atoms with E-state index in [1.807, 2.05) is 6.92 Å². The Balaban J connectivity index is 2.90. The van der Waals surface area contributed by atoms with Crippen molar-refractivity contribution < 1.29 is 13.7 Å². The molecule has 5 heteroatoms. The number of ether oxygens (including phenoxy) is 1. The Morgan fingerprint density at radius 3 is 2.71 bits per heavy atom. The summed E-state index contributed by atoms with van der Waals surface area (Å²) >= 11 is 5.83. The summed E-state index contributed by atoms with van der Waals surface area (Å²) < 4.78 is 17.1. The maximum absolute atomic E-state index is 12.2. The van der Waals surface area contributed by atoms with E-state index in [1.165, 1.54) is 0 Å². The molecule has 1 aromatic carbocycles. The number of rotatable bonds is 5. The van der Waals surface area contributed by atoms with E-state index in [1.54, 1.807) is 31.2 Å². The first kappa shape index (κ1) is 14.2. The molecule has 0 radical (unpaired) electrons. The summed E-state index contributed by atoms with van der Waals surface area (Å²) in [6.07, 6.45) is 0.470. The first-order chi connectivity index (χ1) is 8.10. The molecule has 0 amide bonds. The van der Waals surface area contributed by atoms with E-state index in [0.29, 0.717) is 22.9 Å². The number of hydrogen-bond donors (Lipinski definition) is 0. The molecule has 0 bridgehead atoms. The summed E-state index contributed by atoms with van der Waals surface area (Å²) in [5, 5.41) is -0.122. The lowest BCUT2D eigenvalue weighted by Crippen LogP contribution is -2.27. The average Bonchev–Trinajstić information content (AvgIpc) is 2.30. The van der Waals surface area contributed by atoms with Crippen LogP contribution >= 0.6 is 11.6 Å². The van der Waals surface area contributed by atoms with Crippen LogP contribution < -0.4 is 0 Å². The van der Waals surface area contributed by atoms with Gasteiger partial charge in [0.15, 0.2) is 0 Å². The van der Waals surface area contributed by atoms with Crippen molar-refractivity contribution in [3.8, 4) is 0 Å². The van der Waals surface area contributed by atoms with Crippen LogP contribution in [-0.4, -0.2) is 22.0 Å². The van der Waals surface area contributed by atoms with Gasteiger partial charge in [-0.1, -0.05) is 24.6 Å². The number of halogens is 1. The van der Waals surface area contributed by atoms with E-state index in [4.69, 9.17) is 16.3 Å². The lowest BCUT2D eigenvalue weighted by molar-refractivity contribution is -0.142. The van der Waals surface area contributed by atoms with Gasteiger partial charge in [0.2, 0.25) is 0 Å².